The SMILES string of the molecule is CCCCC.CCCCC.CCCCC.CCCCC.OB(O)Oc1ccccc1F. The van der Waals surface area contributed by atoms with Crippen LogP contribution in [-0.4, -0.2) is 17.4 Å². The fourth-order valence-electron chi connectivity index (χ4n) is 2.07. The molecule has 0 aliphatic rings. The Morgan fingerprint density at radius 3 is 1.10 bits per heavy atom. The highest BCUT2D eigenvalue weighted by molar-refractivity contribution is 6.33. The Kier molecular flexibility index (Phi) is 43.7. The average Bonchev–Trinajstić information content (AvgIpc) is 2.74. The van der Waals surface area contributed by atoms with Gasteiger partial charge in [0.2, 0.25) is 0 Å². The van der Waals surface area contributed by atoms with Crippen LogP contribution in [0.1, 0.15) is 132 Å². The third kappa shape index (κ3) is 43.6. The predicted molar refractivity (Wildman–Crippen MR) is 138 cm³/mol. The molecule has 0 spiro atoms. The Hall–Kier alpha value is -1.07. The summed E-state index contributed by atoms with van der Waals surface area (Å²) in [6, 6.07) is 5.47. The molecule has 0 aromatic heterocycles. The van der Waals surface area contributed by atoms with Crippen molar-refractivity contribution in [3.63, 3.8) is 0 Å². The molecule has 2 N–H and O–H groups in total. The first-order chi connectivity index (χ1) is 14.9. The van der Waals surface area contributed by atoms with E-state index in [4.69, 9.17) is 10.0 Å². The average molecular weight is 445 g/mol. The van der Waals surface area contributed by atoms with E-state index in [0.29, 0.717) is 0 Å². The first-order valence-electron chi connectivity index (χ1n) is 12.6. The number of unbranched alkanes of at least 4 members (excludes halogenated alkanes) is 8. The lowest BCUT2D eigenvalue weighted by molar-refractivity contribution is 0.282. The summed E-state index contributed by atoms with van der Waals surface area (Å²) < 4.78 is 16.9. The van der Waals surface area contributed by atoms with E-state index in [-0.39, 0.29) is 5.75 Å². The highest BCUT2D eigenvalue weighted by Gasteiger charge is 2.13. The van der Waals surface area contributed by atoms with Crippen LogP contribution in [0.4, 0.5) is 4.39 Å². The van der Waals surface area contributed by atoms with Gasteiger partial charge in [0.15, 0.2) is 5.82 Å². The molecule has 0 amide bonds. The maximum Gasteiger partial charge on any atom is 0.707 e. The zero-order valence-corrected chi connectivity index (χ0v) is 22.1. The minimum atomic E-state index is -1.98. The zero-order chi connectivity index (χ0) is 24.8. The topological polar surface area (TPSA) is 49.7 Å². The van der Waals surface area contributed by atoms with Gasteiger partial charge >= 0.3 is 7.32 Å². The van der Waals surface area contributed by atoms with E-state index in [1.807, 2.05) is 0 Å². The van der Waals surface area contributed by atoms with Gasteiger partial charge in [0.1, 0.15) is 5.75 Å². The van der Waals surface area contributed by atoms with Crippen molar-refractivity contribution in [3.05, 3.63) is 30.1 Å². The normalized spacial score (nSPS) is 8.74. The van der Waals surface area contributed by atoms with E-state index in [1.165, 1.54) is 95.2 Å². The molecule has 3 nitrogen and oxygen atoms in total. The smallest absolute Gasteiger partial charge is 0.510 e. The fourth-order valence-corrected chi connectivity index (χ4v) is 2.07. The van der Waals surface area contributed by atoms with Crippen molar-refractivity contribution in [1.82, 2.24) is 0 Å². The molecular weight excluding hydrogens is 390 g/mol. The molecule has 0 saturated carbocycles. The van der Waals surface area contributed by atoms with Gasteiger partial charge in [-0.3, -0.25) is 0 Å². The Bertz CT molecular complexity index is 372. The van der Waals surface area contributed by atoms with Gasteiger partial charge in [-0.25, -0.2) is 4.39 Å². The van der Waals surface area contributed by atoms with Crippen LogP contribution in [0, 0.1) is 5.82 Å². The molecule has 0 heterocycles. The number of hydrogen-bond donors (Lipinski definition) is 2. The molecule has 0 aliphatic heterocycles. The lowest BCUT2D eigenvalue weighted by atomic mass is 10.2. The molecule has 0 atom stereocenters. The van der Waals surface area contributed by atoms with E-state index in [2.05, 4.69) is 60.0 Å². The van der Waals surface area contributed by atoms with E-state index in [0.717, 1.165) is 6.07 Å². The summed E-state index contributed by atoms with van der Waals surface area (Å²) in [7, 11) is -1.98. The summed E-state index contributed by atoms with van der Waals surface area (Å²) in [6.45, 7) is 17.7. The van der Waals surface area contributed by atoms with Crippen molar-refractivity contribution in [3.8, 4) is 5.75 Å². The third-order valence-corrected chi connectivity index (χ3v) is 3.90. The molecule has 31 heavy (non-hydrogen) atoms. The summed E-state index contributed by atoms with van der Waals surface area (Å²) in [5.41, 5.74) is 0. The third-order valence-electron chi connectivity index (χ3n) is 3.90. The predicted octanol–water partition coefficient (Wildman–Crippen LogP) is 8.96. The van der Waals surface area contributed by atoms with Crippen molar-refractivity contribution in [2.75, 3.05) is 0 Å². The number of benzene rings is 1. The highest BCUT2D eigenvalue weighted by atomic mass is 19.1. The maximum absolute atomic E-state index is 12.6. The van der Waals surface area contributed by atoms with E-state index < -0.39 is 13.1 Å². The molecule has 5 heteroatoms. The summed E-state index contributed by atoms with van der Waals surface area (Å²) in [4.78, 5) is 0. The molecule has 186 valence electrons. The summed E-state index contributed by atoms with van der Waals surface area (Å²) in [5.74, 6) is -0.803. The number of para-hydroxylation sites is 1. The van der Waals surface area contributed by atoms with Crippen molar-refractivity contribution in [1.29, 1.82) is 0 Å². The van der Waals surface area contributed by atoms with Gasteiger partial charge < -0.3 is 14.7 Å². The first kappa shape index (κ1) is 37.3. The molecule has 0 fully saturated rings. The van der Waals surface area contributed by atoms with Crippen LogP contribution in [0.3, 0.4) is 0 Å². The van der Waals surface area contributed by atoms with Gasteiger partial charge in [-0.15, -0.1) is 0 Å². The van der Waals surface area contributed by atoms with Crippen molar-refractivity contribution >= 4 is 7.32 Å². The molecule has 0 aliphatic carbocycles. The van der Waals surface area contributed by atoms with Crippen molar-refractivity contribution in [2.45, 2.75) is 132 Å². The van der Waals surface area contributed by atoms with Gasteiger partial charge in [0.25, 0.3) is 0 Å². The largest absolute Gasteiger partial charge is 0.707 e. The number of rotatable bonds is 10. The highest BCUT2D eigenvalue weighted by Crippen LogP contribution is 2.14. The van der Waals surface area contributed by atoms with Crippen molar-refractivity contribution in [2.24, 2.45) is 0 Å². The second kappa shape index (κ2) is 36.3. The number of halogens is 1. The molecule has 1 rings (SSSR count). The van der Waals surface area contributed by atoms with Crippen LogP contribution in [0.25, 0.3) is 0 Å². The minimum absolute atomic E-state index is 0.178. The lowest BCUT2D eigenvalue weighted by Crippen LogP contribution is -2.21. The summed E-state index contributed by atoms with van der Waals surface area (Å²) in [5, 5.41) is 16.6. The molecule has 0 bridgehead atoms. The molecule has 1 aromatic rings. The minimum Gasteiger partial charge on any atom is -0.510 e. The first-order valence-corrected chi connectivity index (χ1v) is 12.6. The van der Waals surface area contributed by atoms with Gasteiger partial charge in [0, 0.05) is 0 Å². The monoisotopic (exact) mass is 444 g/mol. The zero-order valence-electron chi connectivity index (χ0n) is 22.1. The second-order valence-electron chi connectivity index (χ2n) is 7.29. The van der Waals surface area contributed by atoms with Gasteiger partial charge in [0.05, 0.1) is 0 Å². The van der Waals surface area contributed by atoms with Gasteiger partial charge in [-0.2, -0.15) is 0 Å². The number of hydrogen-bond acceptors (Lipinski definition) is 3. The van der Waals surface area contributed by atoms with E-state index >= 15 is 0 Å². The lowest BCUT2D eigenvalue weighted by Gasteiger charge is -2.03. The van der Waals surface area contributed by atoms with Crippen LogP contribution < -0.4 is 4.65 Å². The van der Waals surface area contributed by atoms with Crippen LogP contribution in [-0.2, 0) is 0 Å². The van der Waals surface area contributed by atoms with Crippen LogP contribution in [0.5, 0.6) is 5.75 Å². The van der Waals surface area contributed by atoms with E-state index in [1.54, 1.807) is 0 Å². The Morgan fingerprint density at radius 2 is 0.903 bits per heavy atom. The van der Waals surface area contributed by atoms with Crippen LogP contribution >= 0.6 is 0 Å². The van der Waals surface area contributed by atoms with Gasteiger partial charge in [-0.05, 0) is 12.1 Å². The van der Waals surface area contributed by atoms with Crippen LogP contribution in [0.15, 0.2) is 24.3 Å². The maximum atomic E-state index is 12.6. The fraction of sp³-hybridized carbons (Fsp3) is 0.769. The molecule has 1 aromatic carbocycles. The molecule has 0 saturated heterocycles. The summed E-state index contributed by atoms with van der Waals surface area (Å²) >= 11 is 0. The van der Waals surface area contributed by atoms with E-state index in [9.17, 15) is 4.39 Å². The molecular formula is C26H54BFO3. The quantitative estimate of drug-likeness (QED) is 0.354. The molecule has 0 radical (unpaired) electrons. The summed E-state index contributed by atoms with van der Waals surface area (Å²) in [6.07, 6.45) is 16.3. The second-order valence-corrected chi connectivity index (χ2v) is 7.29. The Morgan fingerprint density at radius 1 is 0.613 bits per heavy atom. The Balaban J connectivity index is -0.000000157. The van der Waals surface area contributed by atoms with Gasteiger partial charge in [-0.1, -0.05) is 145 Å². The Labute approximate surface area is 195 Å². The molecule has 0 unspecified atom stereocenters. The standard InChI is InChI=1S/C6H6BFO3.4C5H12/c8-5-3-1-2-4-6(5)11-7(9)10;4*1-3-5-4-2/h1-4,9-10H;4*3-5H2,1-2H3. The van der Waals surface area contributed by atoms with Crippen LogP contribution in [0.2, 0.25) is 0 Å². The van der Waals surface area contributed by atoms with Crippen molar-refractivity contribution < 1.29 is 19.1 Å².